The van der Waals surface area contributed by atoms with E-state index >= 15 is 0 Å². The van der Waals surface area contributed by atoms with Crippen molar-refractivity contribution >= 4 is 17.7 Å². The van der Waals surface area contributed by atoms with Crippen LogP contribution in [0.5, 0.6) is 17.4 Å². The predicted molar refractivity (Wildman–Crippen MR) is 130 cm³/mol. The minimum atomic E-state index is -0.137. The van der Waals surface area contributed by atoms with Crippen molar-refractivity contribution in [1.29, 1.82) is 0 Å². The van der Waals surface area contributed by atoms with Crippen LogP contribution in [0.1, 0.15) is 36.2 Å². The summed E-state index contributed by atoms with van der Waals surface area (Å²) in [7, 11) is 1.62. The maximum absolute atomic E-state index is 12.7. The van der Waals surface area contributed by atoms with Gasteiger partial charge in [-0.15, -0.1) is 0 Å². The van der Waals surface area contributed by atoms with Crippen molar-refractivity contribution in [3.05, 3.63) is 52.8 Å². The molecular weight excluding hydrogens is 452 g/mol. The van der Waals surface area contributed by atoms with Gasteiger partial charge in [0.15, 0.2) is 11.6 Å². The van der Waals surface area contributed by atoms with Crippen molar-refractivity contribution < 1.29 is 19.4 Å². The van der Waals surface area contributed by atoms with Crippen LogP contribution in [-0.4, -0.2) is 56.8 Å². The van der Waals surface area contributed by atoms with Gasteiger partial charge in [0.1, 0.15) is 10.8 Å². The summed E-state index contributed by atoms with van der Waals surface area (Å²) < 4.78 is 11.5. The number of aryl methyl sites for hydroxylation is 1. The number of aromatic nitrogens is 3. The zero-order valence-corrected chi connectivity index (χ0v) is 20.6. The fourth-order valence-electron chi connectivity index (χ4n) is 3.88. The van der Waals surface area contributed by atoms with E-state index in [2.05, 4.69) is 4.98 Å². The Hall–Kier alpha value is -3.17. The molecule has 3 aromatic rings. The zero-order valence-electron chi connectivity index (χ0n) is 19.8. The van der Waals surface area contributed by atoms with E-state index in [0.29, 0.717) is 47.6 Å². The van der Waals surface area contributed by atoms with Gasteiger partial charge in [-0.05, 0) is 45.0 Å². The molecule has 34 heavy (non-hydrogen) atoms. The Kier molecular flexibility index (Phi) is 7.33. The first-order valence-electron chi connectivity index (χ1n) is 11.2. The Morgan fingerprint density at radius 3 is 2.56 bits per heavy atom. The standard InChI is InChI=1S/C25H28N4O4S/c1-5-29(6-2)21(31)14-34-25-20-11-19-17(13-30)12-26-15(3)22(19)33-24(20)27-23(28-25)16-7-9-18(32-4)10-8-16/h7-10,12,30H,5-6,11,13-14H2,1-4H3. The van der Waals surface area contributed by atoms with E-state index in [1.54, 1.807) is 18.2 Å². The van der Waals surface area contributed by atoms with E-state index in [4.69, 9.17) is 19.4 Å². The molecule has 0 saturated heterocycles. The van der Waals surface area contributed by atoms with Crippen molar-refractivity contribution in [1.82, 2.24) is 19.9 Å². The summed E-state index contributed by atoms with van der Waals surface area (Å²) in [6.07, 6.45) is 2.17. The summed E-state index contributed by atoms with van der Waals surface area (Å²) in [5.41, 5.74) is 3.94. The molecule has 0 saturated carbocycles. The number of carbonyl (C=O) groups excluding carboxylic acids is 1. The van der Waals surface area contributed by atoms with Gasteiger partial charge >= 0.3 is 0 Å². The molecule has 0 aliphatic carbocycles. The fourth-order valence-corrected chi connectivity index (χ4v) is 4.81. The van der Waals surface area contributed by atoms with Crippen LogP contribution >= 0.6 is 11.8 Å². The average molecular weight is 481 g/mol. The third kappa shape index (κ3) is 4.71. The Morgan fingerprint density at radius 1 is 1.18 bits per heavy atom. The molecule has 8 nitrogen and oxygen atoms in total. The molecule has 1 aromatic carbocycles. The van der Waals surface area contributed by atoms with Crippen LogP contribution in [-0.2, 0) is 17.8 Å². The summed E-state index contributed by atoms with van der Waals surface area (Å²) >= 11 is 1.39. The molecule has 4 rings (SSSR count). The molecule has 178 valence electrons. The number of rotatable bonds is 8. The highest BCUT2D eigenvalue weighted by atomic mass is 32.2. The van der Waals surface area contributed by atoms with Gasteiger partial charge in [0.2, 0.25) is 11.8 Å². The van der Waals surface area contributed by atoms with Gasteiger partial charge in [-0.2, -0.15) is 4.98 Å². The molecule has 1 amide bonds. The van der Waals surface area contributed by atoms with Crippen LogP contribution in [0.2, 0.25) is 0 Å². The number of thioether (sulfide) groups is 1. The van der Waals surface area contributed by atoms with Gasteiger partial charge in [0.25, 0.3) is 0 Å². The van der Waals surface area contributed by atoms with Gasteiger partial charge < -0.3 is 19.5 Å². The van der Waals surface area contributed by atoms with Crippen LogP contribution in [0.25, 0.3) is 11.4 Å². The van der Waals surface area contributed by atoms with Crippen LogP contribution in [0.4, 0.5) is 0 Å². The van der Waals surface area contributed by atoms with Crippen LogP contribution in [0.15, 0.2) is 35.5 Å². The highest BCUT2D eigenvalue weighted by Gasteiger charge is 2.28. The first kappa shape index (κ1) is 24.0. The molecule has 3 heterocycles. The molecule has 0 unspecified atom stereocenters. The first-order valence-corrected chi connectivity index (χ1v) is 12.2. The van der Waals surface area contributed by atoms with E-state index in [0.717, 1.165) is 28.1 Å². The third-order valence-corrected chi connectivity index (χ3v) is 6.86. The number of hydrogen-bond acceptors (Lipinski definition) is 8. The van der Waals surface area contributed by atoms with Gasteiger partial charge in [-0.1, -0.05) is 11.8 Å². The maximum atomic E-state index is 12.7. The highest BCUT2D eigenvalue weighted by Crippen LogP contribution is 2.42. The number of aliphatic hydroxyl groups is 1. The second-order valence-corrected chi connectivity index (χ2v) is 8.80. The molecule has 0 bridgehead atoms. The van der Waals surface area contributed by atoms with Crippen LogP contribution in [0, 0.1) is 6.92 Å². The molecule has 9 heteroatoms. The number of methoxy groups -OCH3 is 1. The second kappa shape index (κ2) is 10.4. The van der Waals surface area contributed by atoms with Gasteiger partial charge in [0, 0.05) is 42.4 Å². The summed E-state index contributed by atoms with van der Waals surface area (Å²) in [5, 5.41) is 10.5. The van der Waals surface area contributed by atoms with Gasteiger partial charge in [0.05, 0.1) is 30.7 Å². The molecule has 1 N–H and O–H groups in total. The van der Waals surface area contributed by atoms with E-state index < -0.39 is 0 Å². The summed E-state index contributed by atoms with van der Waals surface area (Å²) in [6.45, 7) is 7.00. The van der Waals surface area contributed by atoms with Crippen molar-refractivity contribution in [3.63, 3.8) is 0 Å². The van der Waals surface area contributed by atoms with E-state index in [9.17, 15) is 9.90 Å². The lowest BCUT2D eigenvalue weighted by Gasteiger charge is -2.24. The van der Waals surface area contributed by atoms with Gasteiger partial charge in [-0.3, -0.25) is 9.78 Å². The Morgan fingerprint density at radius 2 is 1.91 bits per heavy atom. The smallest absolute Gasteiger partial charge is 0.232 e. The first-order chi connectivity index (χ1) is 16.5. The summed E-state index contributed by atoms with van der Waals surface area (Å²) in [5.74, 6) is 2.64. The fraction of sp³-hybridized carbons (Fsp3) is 0.360. The highest BCUT2D eigenvalue weighted by molar-refractivity contribution is 7.99. The summed E-state index contributed by atoms with van der Waals surface area (Å²) in [4.78, 5) is 28.4. The Bertz CT molecular complexity index is 1200. The van der Waals surface area contributed by atoms with Crippen molar-refractivity contribution in [2.75, 3.05) is 26.0 Å². The Balaban J connectivity index is 1.76. The lowest BCUT2D eigenvalue weighted by atomic mass is 9.99. The van der Waals surface area contributed by atoms with Crippen LogP contribution in [0.3, 0.4) is 0 Å². The predicted octanol–water partition coefficient (Wildman–Crippen LogP) is 4.00. The minimum Gasteiger partial charge on any atom is -0.497 e. The summed E-state index contributed by atoms with van der Waals surface area (Å²) in [6, 6.07) is 7.49. The molecule has 0 fully saturated rings. The topological polar surface area (TPSA) is 97.7 Å². The SMILES string of the molecule is CCN(CC)C(=O)CSc1nc(-c2ccc(OC)cc2)nc2c1Cc1c(CO)cnc(C)c1O2. The van der Waals surface area contributed by atoms with Crippen molar-refractivity contribution in [3.8, 4) is 28.8 Å². The number of hydrogen-bond donors (Lipinski definition) is 1. The number of carbonyl (C=O) groups is 1. The normalized spacial score (nSPS) is 11.9. The zero-order chi connectivity index (χ0) is 24.2. The lowest BCUT2D eigenvalue weighted by molar-refractivity contribution is -0.127. The van der Waals surface area contributed by atoms with E-state index in [1.807, 2.05) is 45.0 Å². The second-order valence-electron chi connectivity index (χ2n) is 7.83. The molecular formula is C25H28N4O4S. The number of fused-ring (bicyclic) bond motifs is 2. The molecule has 1 aliphatic heterocycles. The molecule has 0 atom stereocenters. The van der Waals surface area contributed by atoms with Crippen molar-refractivity contribution in [2.24, 2.45) is 0 Å². The number of pyridine rings is 1. The van der Waals surface area contributed by atoms with E-state index in [1.165, 1.54) is 11.8 Å². The van der Waals surface area contributed by atoms with Crippen LogP contribution < -0.4 is 9.47 Å². The molecule has 1 aliphatic rings. The largest absolute Gasteiger partial charge is 0.497 e. The molecule has 0 radical (unpaired) electrons. The lowest BCUT2D eigenvalue weighted by Crippen LogP contribution is -2.31. The minimum absolute atomic E-state index is 0.0570. The molecule has 0 spiro atoms. The van der Waals surface area contributed by atoms with Crippen molar-refractivity contribution in [2.45, 2.75) is 38.8 Å². The number of ether oxygens (including phenoxy) is 2. The van der Waals surface area contributed by atoms with Gasteiger partial charge in [-0.25, -0.2) is 4.98 Å². The quantitative estimate of drug-likeness (QED) is 0.298. The number of benzene rings is 1. The number of amides is 1. The molecule has 2 aromatic heterocycles. The van der Waals surface area contributed by atoms with E-state index in [-0.39, 0.29) is 18.3 Å². The number of aliphatic hydroxyl groups excluding tert-OH is 1. The average Bonchev–Trinajstić information content (AvgIpc) is 2.87. The third-order valence-electron chi connectivity index (χ3n) is 5.85. The Labute approximate surface area is 203 Å². The maximum Gasteiger partial charge on any atom is 0.232 e. The monoisotopic (exact) mass is 480 g/mol. The number of nitrogens with zero attached hydrogens (tertiary/aromatic N) is 4.